The quantitative estimate of drug-likeness (QED) is 0.908. The Hall–Kier alpha value is -0.990. The van der Waals surface area contributed by atoms with Gasteiger partial charge in [-0.15, -0.1) is 11.3 Å². The number of rotatable bonds is 3. The van der Waals surface area contributed by atoms with Crippen LogP contribution in [0, 0.1) is 11.8 Å². The zero-order chi connectivity index (χ0) is 13.6. The normalized spacial score (nSPS) is 27.6. The largest absolute Gasteiger partial charge is 0.476 e. The van der Waals surface area contributed by atoms with Crippen LogP contribution in [0.15, 0.2) is 9.72 Å². The molecule has 0 amide bonds. The van der Waals surface area contributed by atoms with Crippen molar-refractivity contribution >= 4 is 27.3 Å². The summed E-state index contributed by atoms with van der Waals surface area (Å²) in [6.45, 7) is 1.04. The number of fused-ring (bicyclic) bond motifs is 1. The average Bonchev–Trinajstić information content (AvgIpc) is 3.03. The molecule has 0 spiro atoms. The number of sulfonamides is 1. The van der Waals surface area contributed by atoms with Gasteiger partial charge in [0.2, 0.25) is 0 Å². The summed E-state index contributed by atoms with van der Waals surface area (Å²) < 4.78 is 26.3. The smallest absolute Gasteiger partial charge is 0.356 e. The van der Waals surface area contributed by atoms with Gasteiger partial charge in [-0.05, 0) is 24.7 Å². The van der Waals surface area contributed by atoms with Crippen molar-refractivity contribution in [2.75, 3.05) is 13.1 Å². The summed E-state index contributed by atoms with van der Waals surface area (Å²) in [5.74, 6) is -0.411. The van der Waals surface area contributed by atoms with E-state index < -0.39 is 16.0 Å². The van der Waals surface area contributed by atoms with Gasteiger partial charge >= 0.3 is 5.97 Å². The highest BCUT2D eigenvalue weighted by molar-refractivity contribution is 7.91. The number of hydrogen-bond acceptors (Lipinski definition) is 5. The fraction of sp³-hybridized carbons (Fsp3) is 0.636. The maximum Gasteiger partial charge on any atom is 0.356 e. The van der Waals surface area contributed by atoms with E-state index in [0.717, 1.165) is 24.2 Å². The number of aromatic carboxylic acids is 1. The SMILES string of the molecule is O=C(O)c1ncsc1S(=O)(=O)N1CC2CCCC2C1. The van der Waals surface area contributed by atoms with Crippen LogP contribution in [-0.4, -0.2) is 41.9 Å². The van der Waals surface area contributed by atoms with Crippen molar-refractivity contribution in [3.8, 4) is 0 Å². The maximum absolute atomic E-state index is 12.5. The van der Waals surface area contributed by atoms with Crippen LogP contribution < -0.4 is 0 Å². The minimum atomic E-state index is -3.70. The lowest BCUT2D eigenvalue weighted by Crippen LogP contribution is -2.30. The Labute approximate surface area is 115 Å². The van der Waals surface area contributed by atoms with E-state index in [1.165, 1.54) is 16.2 Å². The summed E-state index contributed by atoms with van der Waals surface area (Å²) in [4.78, 5) is 14.6. The van der Waals surface area contributed by atoms with Crippen molar-refractivity contribution in [1.82, 2.24) is 9.29 Å². The first-order valence-corrected chi connectivity index (χ1v) is 8.49. The minimum absolute atomic E-state index is 0.139. The molecule has 1 saturated heterocycles. The Kier molecular flexibility index (Phi) is 3.11. The molecule has 0 aromatic carbocycles. The fourth-order valence-electron chi connectivity index (χ4n) is 3.07. The molecule has 0 radical (unpaired) electrons. The Morgan fingerprint density at radius 1 is 1.37 bits per heavy atom. The number of carboxylic acids is 1. The van der Waals surface area contributed by atoms with Crippen molar-refractivity contribution < 1.29 is 18.3 Å². The van der Waals surface area contributed by atoms with E-state index >= 15 is 0 Å². The molecule has 19 heavy (non-hydrogen) atoms. The Balaban J connectivity index is 1.91. The summed E-state index contributed by atoms with van der Waals surface area (Å²) in [6.07, 6.45) is 3.32. The van der Waals surface area contributed by atoms with Crippen molar-refractivity contribution in [3.63, 3.8) is 0 Å². The topological polar surface area (TPSA) is 87.6 Å². The minimum Gasteiger partial charge on any atom is -0.476 e. The third kappa shape index (κ3) is 2.07. The summed E-state index contributed by atoms with van der Waals surface area (Å²) in [5, 5.41) is 8.98. The average molecular weight is 302 g/mol. The molecule has 1 aliphatic heterocycles. The van der Waals surface area contributed by atoms with E-state index in [9.17, 15) is 13.2 Å². The summed E-state index contributed by atoms with van der Waals surface area (Å²) in [6, 6.07) is 0. The van der Waals surface area contributed by atoms with Gasteiger partial charge in [-0.25, -0.2) is 18.2 Å². The summed E-state index contributed by atoms with van der Waals surface area (Å²) >= 11 is 0.878. The standard InChI is InChI=1S/C11H14N2O4S2/c14-10(15)9-11(18-6-12-9)19(16,17)13-4-7-2-1-3-8(7)5-13/h6-8H,1-5H2,(H,14,15). The van der Waals surface area contributed by atoms with Gasteiger partial charge in [0.25, 0.3) is 10.0 Å². The summed E-state index contributed by atoms with van der Waals surface area (Å²) in [5.41, 5.74) is 0.912. The van der Waals surface area contributed by atoms with Gasteiger partial charge in [0.1, 0.15) is 0 Å². The van der Waals surface area contributed by atoms with Crippen molar-refractivity contribution in [2.24, 2.45) is 11.8 Å². The first kappa shape index (κ1) is 13.0. The Morgan fingerprint density at radius 3 is 2.58 bits per heavy atom. The van der Waals surface area contributed by atoms with E-state index in [-0.39, 0.29) is 9.90 Å². The highest BCUT2D eigenvalue weighted by Crippen LogP contribution is 2.40. The Morgan fingerprint density at radius 2 is 2.00 bits per heavy atom. The Bertz CT molecular complexity index is 598. The highest BCUT2D eigenvalue weighted by atomic mass is 32.2. The van der Waals surface area contributed by atoms with Crippen LogP contribution in [0.2, 0.25) is 0 Å². The molecular weight excluding hydrogens is 288 g/mol. The zero-order valence-electron chi connectivity index (χ0n) is 10.2. The highest BCUT2D eigenvalue weighted by Gasteiger charge is 2.43. The number of nitrogens with zero attached hydrogens (tertiary/aromatic N) is 2. The molecule has 1 saturated carbocycles. The molecule has 2 unspecified atom stereocenters. The van der Waals surface area contributed by atoms with E-state index in [4.69, 9.17) is 5.11 Å². The number of carboxylic acid groups (broad SMARTS) is 1. The third-order valence-corrected chi connectivity index (χ3v) is 7.18. The maximum atomic E-state index is 12.5. The van der Waals surface area contributed by atoms with Gasteiger partial charge in [0.05, 0.1) is 5.51 Å². The molecular formula is C11H14N2O4S2. The molecule has 1 aromatic heterocycles. The lowest BCUT2D eigenvalue weighted by atomic mass is 10.0. The van der Waals surface area contributed by atoms with Crippen LogP contribution in [0.25, 0.3) is 0 Å². The fourth-order valence-corrected chi connectivity index (χ4v) is 5.90. The lowest BCUT2D eigenvalue weighted by molar-refractivity contribution is 0.0687. The molecule has 2 fully saturated rings. The lowest BCUT2D eigenvalue weighted by Gasteiger charge is -2.16. The van der Waals surface area contributed by atoms with Crippen LogP contribution in [0.5, 0.6) is 0 Å². The first-order chi connectivity index (χ1) is 9.00. The predicted octanol–water partition coefficient (Wildman–Crippen LogP) is 1.26. The predicted molar refractivity (Wildman–Crippen MR) is 68.7 cm³/mol. The molecule has 0 bridgehead atoms. The van der Waals surface area contributed by atoms with Crippen LogP contribution in [0.4, 0.5) is 0 Å². The molecule has 2 heterocycles. The van der Waals surface area contributed by atoms with Crippen molar-refractivity contribution in [3.05, 3.63) is 11.2 Å². The van der Waals surface area contributed by atoms with Gasteiger partial charge in [0.15, 0.2) is 9.90 Å². The monoisotopic (exact) mass is 302 g/mol. The molecule has 1 aliphatic carbocycles. The number of thiazole rings is 1. The van der Waals surface area contributed by atoms with E-state index in [1.54, 1.807) is 0 Å². The molecule has 1 aromatic rings. The molecule has 104 valence electrons. The van der Waals surface area contributed by atoms with Gasteiger partial charge in [-0.1, -0.05) is 6.42 Å². The van der Waals surface area contributed by atoms with Gasteiger partial charge in [-0.2, -0.15) is 4.31 Å². The third-order valence-electron chi connectivity index (χ3n) is 4.00. The number of hydrogen-bond donors (Lipinski definition) is 1. The van der Waals surface area contributed by atoms with Gasteiger partial charge in [-0.3, -0.25) is 0 Å². The second-order valence-electron chi connectivity index (χ2n) is 5.07. The van der Waals surface area contributed by atoms with Crippen LogP contribution in [0.1, 0.15) is 29.8 Å². The molecule has 8 heteroatoms. The van der Waals surface area contributed by atoms with Gasteiger partial charge in [0, 0.05) is 13.1 Å². The van der Waals surface area contributed by atoms with E-state index in [1.807, 2.05) is 0 Å². The van der Waals surface area contributed by atoms with Crippen molar-refractivity contribution in [2.45, 2.75) is 23.5 Å². The van der Waals surface area contributed by atoms with Crippen molar-refractivity contribution in [1.29, 1.82) is 0 Å². The number of aromatic nitrogens is 1. The first-order valence-electron chi connectivity index (χ1n) is 6.17. The van der Waals surface area contributed by atoms with E-state index in [0.29, 0.717) is 24.9 Å². The number of carbonyl (C=O) groups is 1. The second-order valence-corrected chi connectivity index (χ2v) is 8.05. The summed E-state index contributed by atoms with van der Waals surface area (Å²) in [7, 11) is -3.70. The molecule has 2 atom stereocenters. The molecule has 6 nitrogen and oxygen atoms in total. The second kappa shape index (κ2) is 4.53. The van der Waals surface area contributed by atoms with Crippen LogP contribution in [-0.2, 0) is 10.0 Å². The zero-order valence-corrected chi connectivity index (χ0v) is 11.8. The molecule has 1 N–H and O–H groups in total. The molecule has 2 aliphatic rings. The molecule has 3 rings (SSSR count). The van der Waals surface area contributed by atoms with Crippen LogP contribution >= 0.6 is 11.3 Å². The van der Waals surface area contributed by atoms with Gasteiger partial charge < -0.3 is 5.11 Å². The van der Waals surface area contributed by atoms with Crippen LogP contribution in [0.3, 0.4) is 0 Å². The van der Waals surface area contributed by atoms with E-state index in [2.05, 4.69) is 4.98 Å².